The van der Waals surface area contributed by atoms with Crippen molar-refractivity contribution in [3.63, 3.8) is 0 Å². The number of hydrogen-bond donors (Lipinski definition) is 0. The van der Waals surface area contributed by atoms with Crippen molar-refractivity contribution in [3.8, 4) is 0 Å². The van der Waals surface area contributed by atoms with Crippen LogP contribution in [0.5, 0.6) is 0 Å². The molecule has 25 heavy (non-hydrogen) atoms. The largest absolute Gasteiger partial charge is 0.460 e. The molecule has 0 aromatic heterocycles. The van der Waals surface area contributed by atoms with Crippen molar-refractivity contribution in [2.75, 3.05) is 26.2 Å². The fourth-order valence-corrected chi connectivity index (χ4v) is 1.89. The number of hydrogen-bond acceptors (Lipinski definition) is 3. The lowest BCUT2D eigenvalue weighted by Gasteiger charge is -2.27. The molecule has 0 spiro atoms. The van der Waals surface area contributed by atoms with Crippen LogP contribution in [0.2, 0.25) is 0 Å². The molecule has 0 radical (unpaired) electrons. The maximum Gasteiger partial charge on any atom is 0.460 e. The van der Waals surface area contributed by atoms with Gasteiger partial charge in [0.2, 0.25) is 0 Å². The summed E-state index contributed by atoms with van der Waals surface area (Å²) in [6, 6.07) is 0. The highest BCUT2D eigenvalue weighted by atomic mass is 19.4. The van der Waals surface area contributed by atoms with E-state index in [1.54, 1.807) is 0 Å². The summed E-state index contributed by atoms with van der Waals surface area (Å²) in [6.07, 6.45) is -3.26. The first-order chi connectivity index (χ1) is 11.4. The molecule has 0 unspecified atom stereocenters. The van der Waals surface area contributed by atoms with Gasteiger partial charge in [0, 0.05) is 6.54 Å². The molecule has 3 nitrogen and oxygen atoms in total. The van der Waals surface area contributed by atoms with Crippen molar-refractivity contribution in [2.45, 2.75) is 64.0 Å². The van der Waals surface area contributed by atoms with E-state index in [1.165, 1.54) is 0 Å². The molecular formula is C15H24F7NO2. The highest BCUT2D eigenvalue weighted by Gasteiger charge is 2.73. The van der Waals surface area contributed by atoms with Crippen LogP contribution in [0.15, 0.2) is 0 Å². The van der Waals surface area contributed by atoms with Crippen LogP contribution in [0, 0.1) is 0 Å². The van der Waals surface area contributed by atoms with Crippen molar-refractivity contribution < 1.29 is 40.3 Å². The average Bonchev–Trinajstić information content (AvgIpc) is 2.51. The van der Waals surface area contributed by atoms with Gasteiger partial charge in [0.15, 0.2) is 6.61 Å². The SMILES string of the molecule is CCCCN(CCCC)CCC(=O)OCC(F)(F)C(F)(F)C(F)(F)F. The van der Waals surface area contributed by atoms with Gasteiger partial charge < -0.3 is 9.64 Å². The van der Waals surface area contributed by atoms with Crippen LogP contribution in [-0.4, -0.2) is 55.1 Å². The van der Waals surface area contributed by atoms with Crippen LogP contribution in [0.4, 0.5) is 30.7 Å². The summed E-state index contributed by atoms with van der Waals surface area (Å²) in [4.78, 5) is 13.3. The van der Waals surface area contributed by atoms with Gasteiger partial charge >= 0.3 is 24.0 Å². The zero-order chi connectivity index (χ0) is 19.7. The van der Waals surface area contributed by atoms with E-state index in [2.05, 4.69) is 4.74 Å². The first kappa shape index (κ1) is 23.9. The van der Waals surface area contributed by atoms with Crippen molar-refractivity contribution in [3.05, 3.63) is 0 Å². The van der Waals surface area contributed by atoms with Crippen molar-refractivity contribution in [1.29, 1.82) is 0 Å². The molecule has 0 aliphatic rings. The first-order valence-electron chi connectivity index (χ1n) is 8.09. The van der Waals surface area contributed by atoms with Crippen LogP contribution < -0.4 is 0 Å². The smallest absolute Gasteiger partial charge is 0.459 e. The molecule has 0 aromatic carbocycles. The van der Waals surface area contributed by atoms with E-state index < -0.39 is 30.6 Å². The highest BCUT2D eigenvalue weighted by molar-refractivity contribution is 5.69. The maximum atomic E-state index is 13.0. The second-order valence-corrected chi connectivity index (χ2v) is 5.74. The van der Waals surface area contributed by atoms with Crippen LogP contribution in [0.25, 0.3) is 0 Å². The second-order valence-electron chi connectivity index (χ2n) is 5.74. The predicted octanol–water partition coefficient (Wildman–Crippen LogP) is 4.65. The molecule has 10 heteroatoms. The van der Waals surface area contributed by atoms with Gasteiger partial charge in [-0.2, -0.15) is 30.7 Å². The number of alkyl halides is 7. The van der Waals surface area contributed by atoms with Crippen LogP contribution in [-0.2, 0) is 9.53 Å². The Hall–Kier alpha value is -1.06. The summed E-state index contributed by atoms with van der Waals surface area (Å²) >= 11 is 0. The molecule has 150 valence electrons. The third kappa shape index (κ3) is 7.79. The minimum Gasteiger partial charge on any atom is -0.459 e. The van der Waals surface area contributed by atoms with E-state index in [-0.39, 0.29) is 13.0 Å². The van der Waals surface area contributed by atoms with Gasteiger partial charge in [0.1, 0.15) is 0 Å². The van der Waals surface area contributed by atoms with Crippen LogP contribution in [0.1, 0.15) is 46.0 Å². The number of carbonyl (C=O) groups is 1. The summed E-state index contributed by atoms with van der Waals surface area (Å²) in [5.74, 6) is -13.0. The van der Waals surface area contributed by atoms with Gasteiger partial charge in [-0.3, -0.25) is 4.79 Å². The standard InChI is InChI=1S/C15H24F7NO2/c1-3-5-8-23(9-6-4-2)10-7-12(24)25-11-13(16,17)14(18,19)15(20,21)22/h3-11H2,1-2H3. The van der Waals surface area contributed by atoms with Gasteiger partial charge in [0.05, 0.1) is 6.42 Å². The quantitative estimate of drug-likeness (QED) is 0.363. The fourth-order valence-electron chi connectivity index (χ4n) is 1.89. The van der Waals surface area contributed by atoms with Crippen LogP contribution >= 0.6 is 0 Å². The number of nitrogens with zero attached hydrogens (tertiary/aromatic N) is 1. The highest BCUT2D eigenvalue weighted by Crippen LogP contribution is 2.46. The summed E-state index contributed by atoms with van der Waals surface area (Å²) < 4.78 is 91.3. The molecule has 0 rings (SSSR count). The number of unbranched alkanes of at least 4 members (excludes halogenated alkanes) is 2. The molecule has 0 heterocycles. The number of ether oxygens (including phenoxy) is 1. The minimum absolute atomic E-state index is 0.167. The van der Waals surface area contributed by atoms with E-state index in [1.807, 2.05) is 18.7 Å². The van der Waals surface area contributed by atoms with E-state index in [0.29, 0.717) is 13.1 Å². The molecule has 0 saturated heterocycles. The Labute approximate surface area is 142 Å². The normalized spacial score (nSPS) is 13.4. The van der Waals surface area contributed by atoms with Gasteiger partial charge in [-0.1, -0.05) is 26.7 Å². The molecule has 0 atom stereocenters. The first-order valence-corrected chi connectivity index (χ1v) is 8.09. The van der Waals surface area contributed by atoms with E-state index in [9.17, 15) is 35.5 Å². The Bertz CT molecular complexity index is 392. The Morgan fingerprint density at radius 2 is 1.36 bits per heavy atom. The molecule has 0 fully saturated rings. The summed E-state index contributed by atoms with van der Waals surface area (Å²) in [7, 11) is 0. The lowest BCUT2D eigenvalue weighted by atomic mass is 10.2. The Balaban J connectivity index is 4.49. The topological polar surface area (TPSA) is 29.5 Å². The van der Waals surface area contributed by atoms with Crippen molar-refractivity contribution in [1.82, 2.24) is 4.90 Å². The molecule has 0 aliphatic heterocycles. The van der Waals surface area contributed by atoms with E-state index in [0.717, 1.165) is 25.7 Å². The Morgan fingerprint density at radius 1 is 0.880 bits per heavy atom. The van der Waals surface area contributed by atoms with Gasteiger partial charge in [-0.05, 0) is 25.9 Å². The number of rotatable bonds is 12. The minimum atomic E-state index is -6.43. The predicted molar refractivity (Wildman–Crippen MR) is 77.8 cm³/mol. The summed E-state index contributed by atoms with van der Waals surface area (Å²) in [6.45, 7) is 3.13. The molecule has 0 aliphatic carbocycles. The number of carbonyl (C=O) groups excluding carboxylic acids is 1. The molecule has 0 N–H and O–H groups in total. The van der Waals surface area contributed by atoms with Gasteiger partial charge in [0.25, 0.3) is 0 Å². The molecule has 0 amide bonds. The molecule has 0 bridgehead atoms. The number of esters is 1. The van der Waals surface area contributed by atoms with Crippen molar-refractivity contribution in [2.24, 2.45) is 0 Å². The lowest BCUT2D eigenvalue weighted by molar-refractivity contribution is -0.359. The lowest BCUT2D eigenvalue weighted by Crippen LogP contribution is -2.54. The fraction of sp³-hybridized carbons (Fsp3) is 0.933. The molecule has 0 aromatic rings. The van der Waals surface area contributed by atoms with Gasteiger partial charge in [-0.15, -0.1) is 0 Å². The Morgan fingerprint density at radius 3 is 1.76 bits per heavy atom. The monoisotopic (exact) mass is 383 g/mol. The summed E-state index contributed by atoms with van der Waals surface area (Å²) in [5.41, 5.74) is 0. The zero-order valence-electron chi connectivity index (χ0n) is 14.3. The third-order valence-corrected chi connectivity index (χ3v) is 3.52. The third-order valence-electron chi connectivity index (χ3n) is 3.52. The zero-order valence-corrected chi connectivity index (χ0v) is 14.3. The average molecular weight is 383 g/mol. The maximum absolute atomic E-state index is 13.0. The molecular weight excluding hydrogens is 359 g/mol. The van der Waals surface area contributed by atoms with E-state index >= 15 is 0 Å². The number of halogens is 7. The van der Waals surface area contributed by atoms with Crippen LogP contribution in [0.3, 0.4) is 0 Å². The van der Waals surface area contributed by atoms with Gasteiger partial charge in [-0.25, -0.2) is 0 Å². The van der Waals surface area contributed by atoms with E-state index in [4.69, 9.17) is 0 Å². The van der Waals surface area contributed by atoms with Crippen molar-refractivity contribution >= 4 is 5.97 Å². The molecule has 0 saturated carbocycles. The Kier molecular flexibility index (Phi) is 9.75. The summed E-state index contributed by atoms with van der Waals surface area (Å²) in [5, 5.41) is 0. The second kappa shape index (κ2) is 10.2.